The van der Waals surface area contributed by atoms with E-state index in [1.165, 1.54) is 5.56 Å². The second kappa shape index (κ2) is 8.47. The molecule has 0 aliphatic rings. The molecular formula is C25H33N3O2. The molecule has 1 aromatic carbocycles. The van der Waals surface area contributed by atoms with Crippen LogP contribution in [0.4, 0.5) is 0 Å². The zero-order chi connectivity index (χ0) is 22.9. The van der Waals surface area contributed by atoms with E-state index in [-0.39, 0.29) is 17.1 Å². The Kier molecular flexibility index (Phi) is 6.61. The molecule has 0 saturated carbocycles. The minimum Gasteiger partial charge on any atom is -0.436 e. The summed E-state index contributed by atoms with van der Waals surface area (Å²) in [5.41, 5.74) is 3.95. The average Bonchev–Trinajstić information content (AvgIpc) is 2.94. The Morgan fingerprint density at radius 1 is 1.10 bits per heavy atom. The van der Waals surface area contributed by atoms with Crippen molar-refractivity contribution in [2.45, 2.75) is 74.3 Å². The van der Waals surface area contributed by atoms with E-state index < -0.39 is 5.41 Å². The van der Waals surface area contributed by atoms with Gasteiger partial charge in [0.2, 0.25) is 5.70 Å². The first-order valence-electron chi connectivity index (χ1n) is 10.3. The zero-order valence-corrected chi connectivity index (χ0v) is 19.7. The van der Waals surface area contributed by atoms with Crippen molar-refractivity contribution in [3.63, 3.8) is 0 Å². The Balaban J connectivity index is 2.77. The molecule has 5 nitrogen and oxygen atoms in total. The van der Waals surface area contributed by atoms with E-state index in [1.54, 1.807) is 25.5 Å². The molecular weight excluding hydrogens is 374 g/mol. The van der Waals surface area contributed by atoms with Gasteiger partial charge in [0.25, 0.3) is 0 Å². The molecule has 1 aromatic heterocycles. The Morgan fingerprint density at radius 3 is 2.10 bits per heavy atom. The first-order chi connectivity index (χ1) is 13.8. The van der Waals surface area contributed by atoms with Gasteiger partial charge in [0.05, 0.1) is 23.4 Å². The van der Waals surface area contributed by atoms with E-state index >= 15 is 0 Å². The van der Waals surface area contributed by atoms with Gasteiger partial charge in [0.15, 0.2) is 5.76 Å². The molecule has 0 spiro atoms. The average molecular weight is 408 g/mol. The molecule has 5 heteroatoms. The number of carbonyl (C=O) groups excluding carboxylic acids is 1. The lowest BCUT2D eigenvalue weighted by atomic mass is 9.86. The first-order valence-corrected chi connectivity index (χ1v) is 10.3. The molecule has 0 fully saturated rings. The molecule has 160 valence electrons. The second-order valence-electron chi connectivity index (χ2n) is 9.63. The fourth-order valence-corrected chi connectivity index (χ4v) is 3.02. The second-order valence-corrected chi connectivity index (χ2v) is 9.63. The van der Waals surface area contributed by atoms with Crippen molar-refractivity contribution in [2.24, 2.45) is 5.41 Å². The van der Waals surface area contributed by atoms with Crippen molar-refractivity contribution in [1.82, 2.24) is 9.78 Å². The molecule has 0 aliphatic heterocycles. The molecule has 0 aliphatic carbocycles. The maximum Gasteiger partial charge on any atom is 0.315 e. The van der Waals surface area contributed by atoms with Gasteiger partial charge in [-0.3, -0.25) is 9.48 Å². The Bertz CT molecular complexity index is 1000. The van der Waals surface area contributed by atoms with Crippen molar-refractivity contribution < 1.29 is 9.53 Å². The summed E-state index contributed by atoms with van der Waals surface area (Å²) in [6.07, 6.45) is 0. The summed E-state index contributed by atoms with van der Waals surface area (Å²) in [6, 6.07) is 7.90. The number of aromatic nitrogens is 2. The van der Waals surface area contributed by atoms with Gasteiger partial charge in [-0.2, -0.15) is 5.10 Å². The highest BCUT2D eigenvalue weighted by Crippen LogP contribution is 2.34. The predicted octanol–water partition coefficient (Wildman–Crippen LogP) is 6.15. The zero-order valence-electron chi connectivity index (χ0n) is 19.7. The monoisotopic (exact) mass is 407 g/mol. The van der Waals surface area contributed by atoms with E-state index in [4.69, 9.17) is 11.3 Å². The summed E-state index contributed by atoms with van der Waals surface area (Å²) in [5.74, 6) is -0.112. The van der Waals surface area contributed by atoms with Gasteiger partial charge in [-0.05, 0) is 63.6 Å². The third-order valence-corrected chi connectivity index (χ3v) is 5.10. The van der Waals surface area contributed by atoms with Crippen LogP contribution in [0.2, 0.25) is 0 Å². The van der Waals surface area contributed by atoms with Crippen LogP contribution in [0.3, 0.4) is 0 Å². The lowest BCUT2D eigenvalue weighted by molar-refractivity contribution is -0.145. The topological polar surface area (TPSA) is 48.5 Å². The minimum atomic E-state index is -0.700. The van der Waals surface area contributed by atoms with Gasteiger partial charge < -0.3 is 4.74 Å². The van der Waals surface area contributed by atoms with E-state index in [0.29, 0.717) is 17.9 Å². The van der Waals surface area contributed by atoms with Crippen molar-refractivity contribution in [2.75, 3.05) is 0 Å². The van der Waals surface area contributed by atoms with E-state index in [1.807, 2.05) is 45.0 Å². The largest absolute Gasteiger partial charge is 0.436 e. The highest BCUT2D eigenvalue weighted by Gasteiger charge is 2.29. The first kappa shape index (κ1) is 23.4. The summed E-state index contributed by atoms with van der Waals surface area (Å²) < 4.78 is 7.71. The van der Waals surface area contributed by atoms with Crippen molar-refractivity contribution in [1.29, 1.82) is 0 Å². The minimum absolute atomic E-state index is 0.0105. The SMILES string of the molecule is [C-]#[N+]/C(=C(/OC(=O)C(C)(C)C)c1c(C)c(C)nn1CC)c1ccc(C(C)(C)C)cc1. The number of nitrogens with zero attached hydrogens (tertiary/aromatic N) is 3. The maximum atomic E-state index is 12.8. The number of carbonyl (C=O) groups is 1. The number of benzene rings is 1. The summed E-state index contributed by atoms with van der Waals surface area (Å²) in [6.45, 7) is 26.2. The van der Waals surface area contributed by atoms with Gasteiger partial charge in [-0.25, -0.2) is 4.85 Å². The molecule has 0 radical (unpaired) electrons. The third kappa shape index (κ3) is 4.81. The molecule has 2 rings (SSSR count). The quantitative estimate of drug-likeness (QED) is 0.347. The number of esters is 1. The normalized spacial score (nSPS) is 12.9. The number of ether oxygens (including phenoxy) is 1. The summed E-state index contributed by atoms with van der Waals surface area (Å²) in [5, 5.41) is 4.56. The lowest BCUT2D eigenvalue weighted by Gasteiger charge is -2.21. The molecule has 1 heterocycles. The van der Waals surface area contributed by atoms with Crippen LogP contribution < -0.4 is 0 Å². The molecule has 0 N–H and O–H groups in total. The van der Waals surface area contributed by atoms with E-state index in [9.17, 15) is 4.79 Å². The van der Waals surface area contributed by atoms with Crippen LogP contribution in [0.25, 0.3) is 16.3 Å². The maximum absolute atomic E-state index is 12.8. The van der Waals surface area contributed by atoms with Crippen LogP contribution >= 0.6 is 0 Å². The lowest BCUT2D eigenvalue weighted by Crippen LogP contribution is -2.23. The fraction of sp³-hybridized carbons (Fsp3) is 0.480. The number of hydrogen-bond acceptors (Lipinski definition) is 3. The van der Waals surface area contributed by atoms with Crippen LogP contribution in [0, 0.1) is 25.8 Å². The number of aryl methyl sites for hydroxylation is 2. The van der Waals surface area contributed by atoms with Gasteiger partial charge in [-0.15, -0.1) is 0 Å². The van der Waals surface area contributed by atoms with Crippen LogP contribution in [0.1, 0.15) is 76.5 Å². The van der Waals surface area contributed by atoms with E-state index in [0.717, 1.165) is 16.8 Å². The highest BCUT2D eigenvalue weighted by atomic mass is 16.5. The molecule has 2 aromatic rings. The predicted molar refractivity (Wildman–Crippen MR) is 121 cm³/mol. The molecule has 0 saturated heterocycles. The molecule has 0 amide bonds. The molecule has 0 unspecified atom stereocenters. The fourth-order valence-electron chi connectivity index (χ4n) is 3.02. The Hall–Kier alpha value is -2.87. The number of rotatable bonds is 4. The highest BCUT2D eigenvalue weighted by molar-refractivity contribution is 5.95. The van der Waals surface area contributed by atoms with Gasteiger partial charge in [0, 0.05) is 6.54 Å². The number of hydrogen-bond donors (Lipinski definition) is 0. The summed E-state index contributed by atoms with van der Waals surface area (Å²) in [7, 11) is 0. The van der Waals surface area contributed by atoms with Crippen molar-refractivity contribution in [3.05, 3.63) is 63.8 Å². The molecule has 0 atom stereocenters. The Morgan fingerprint density at radius 2 is 1.67 bits per heavy atom. The van der Waals surface area contributed by atoms with Crippen LogP contribution in [0.5, 0.6) is 0 Å². The van der Waals surface area contributed by atoms with Crippen LogP contribution in [0.15, 0.2) is 24.3 Å². The molecule has 0 bridgehead atoms. The van der Waals surface area contributed by atoms with Crippen molar-refractivity contribution >= 4 is 17.4 Å². The Labute approximate surface area is 180 Å². The van der Waals surface area contributed by atoms with Gasteiger partial charge in [0.1, 0.15) is 0 Å². The van der Waals surface area contributed by atoms with Crippen molar-refractivity contribution in [3.8, 4) is 0 Å². The standard InChI is InChI=1S/C25H33N3O2/c1-11-28-21(16(2)17(3)27-28)22(30-23(29)25(7,8)9)20(26-10)18-12-14-19(15-13-18)24(4,5)6/h12-15H,11H2,1-9H3/b22-20+. The summed E-state index contributed by atoms with van der Waals surface area (Å²) in [4.78, 5) is 16.6. The van der Waals surface area contributed by atoms with Gasteiger partial charge >= 0.3 is 5.97 Å². The molecule has 30 heavy (non-hydrogen) atoms. The van der Waals surface area contributed by atoms with Crippen LogP contribution in [-0.2, 0) is 21.5 Å². The smallest absolute Gasteiger partial charge is 0.315 e. The van der Waals surface area contributed by atoms with Crippen LogP contribution in [-0.4, -0.2) is 15.7 Å². The summed E-state index contributed by atoms with van der Waals surface area (Å²) >= 11 is 0. The van der Waals surface area contributed by atoms with E-state index in [2.05, 4.69) is 30.7 Å². The van der Waals surface area contributed by atoms with Gasteiger partial charge in [-0.1, -0.05) is 45.0 Å². The third-order valence-electron chi connectivity index (χ3n) is 5.10.